The van der Waals surface area contributed by atoms with E-state index in [0.717, 1.165) is 11.8 Å². The first-order valence-electron chi connectivity index (χ1n) is 5.46. The van der Waals surface area contributed by atoms with Gasteiger partial charge in [0.05, 0.1) is 10.7 Å². The van der Waals surface area contributed by atoms with Crippen LogP contribution in [-0.4, -0.2) is 38.9 Å². The first kappa shape index (κ1) is 15.9. The minimum absolute atomic E-state index is 0.0204. The monoisotopic (exact) mass is 350 g/mol. The average Bonchev–Trinajstić information content (AvgIpc) is 2.34. The maximum Gasteiger partial charge on any atom is 0.292 e. The number of sulfone groups is 1. The van der Waals surface area contributed by atoms with Gasteiger partial charge < -0.3 is 4.90 Å². The van der Waals surface area contributed by atoms with E-state index in [0.29, 0.717) is 11.0 Å². The third-order valence-corrected chi connectivity index (χ3v) is 4.17. The van der Waals surface area contributed by atoms with Crippen LogP contribution in [0, 0.1) is 10.1 Å². The topological polar surface area (TPSA) is 80.5 Å². The standard InChI is InChI=1S/C11H15BrN2O4S/c1-13(5-6-19(2,17)18)10-4-3-9(8-12)7-11(10)14(15)16/h3-4,7H,5-6,8H2,1-2H3. The summed E-state index contributed by atoms with van der Waals surface area (Å²) < 4.78 is 22.2. The molecule has 0 atom stereocenters. The molecule has 0 aliphatic carbocycles. The fourth-order valence-corrected chi connectivity index (χ4v) is 2.50. The van der Waals surface area contributed by atoms with Crippen LogP contribution in [-0.2, 0) is 15.2 Å². The van der Waals surface area contributed by atoms with Crippen LogP contribution in [0.15, 0.2) is 18.2 Å². The van der Waals surface area contributed by atoms with E-state index in [4.69, 9.17) is 0 Å². The highest BCUT2D eigenvalue weighted by Crippen LogP contribution is 2.29. The number of hydrogen-bond donors (Lipinski definition) is 0. The predicted octanol–water partition coefficient (Wildman–Crippen LogP) is 1.97. The molecule has 0 spiro atoms. The predicted molar refractivity (Wildman–Crippen MR) is 78.7 cm³/mol. The molecule has 0 radical (unpaired) electrons. The molecular formula is C11H15BrN2O4S. The number of rotatable bonds is 6. The second-order valence-electron chi connectivity index (χ2n) is 4.27. The van der Waals surface area contributed by atoms with Crippen molar-refractivity contribution in [2.75, 3.05) is 30.5 Å². The molecule has 0 N–H and O–H groups in total. The van der Waals surface area contributed by atoms with Gasteiger partial charge in [-0.3, -0.25) is 10.1 Å². The number of benzene rings is 1. The molecule has 0 unspecified atom stereocenters. The largest absolute Gasteiger partial charge is 0.368 e. The first-order chi connectivity index (χ1) is 8.74. The molecule has 0 bridgehead atoms. The molecular weight excluding hydrogens is 336 g/mol. The second-order valence-corrected chi connectivity index (χ2v) is 7.09. The van der Waals surface area contributed by atoms with Crippen LogP contribution in [0.5, 0.6) is 0 Å². The number of nitro benzene ring substituents is 1. The van der Waals surface area contributed by atoms with E-state index < -0.39 is 14.8 Å². The molecule has 1 aromatic rings. The van der Waals surface area contributed by atoms with Gasteiger partial charge in [-0.05, 0) is 11.6 Å². The van der Waals surface area contributed by atoms with Crippen molar-refractivity contribution in [2.45, 2.75) is 5.33 Å². The number of hydrogen-bond acceptors (Lipinski definition) is 5. The normalized spacial score (nSPS) is 11.3. The molecule has 0 aliphatic heterocycles. The molecule has 1 rings (SSSR count). The summed E-state index contributed by atoms with van der Waals surface area (Å²) in [4.78, 5) is 12.2. The minimum atomic E-state index is -3.09. The van der Waals surface area contributed by atoms with Gasteiger partial charge in [-0.25, -0.2) is 8.42 Å². The van der Waals surface area contributed by atoms with Crippen LogP contribution < -0.4 is 4.90 Å². The van der Waals surface area contributed by atoms with Crippen molar-refractivity contribution in [1.29, 1.82) is 0 Å². The highest BCUT2D eigenvalue weighted by molar-refractivity contribution is 9.08. The Hall–Kier alpha value is -1.15. The second kappa shape index (κ2) is 6.33. The fraction of sp³-hybridized carbons (Fsp3) is 0.455. The lowest BCUT2D eigenvalue weighted by Crippen LogP contribution is -2.25. The molecule has 0 saturated carbocycles. The van der Waals surface area contributed by atoms with Gasteiger partial charge in [0.25, 0.3) is 5.69 Å². The Morgan fingerprint density at radius 2 is 2.05 bits per heavy atom. The van der Waals surface area contributed by atoms with Crippen molar-refractivity contribution in [2.24, 2.45) is 0 Å². The van der Waals surface area contributed by atoms with Crippen molar-refractivity contribution in [3.63, 3.8) is 0 Å². The summed E-state index contributed by atoms with van der Waals surface area (Å²) >= 11 is 3.24. The maximum atomic E-state index is 11.1. The van der Waals surface area contributed by atoms with E-state index in [1.54, 1.807) is 24.1 Å². The lowest BCUT2D eigenvalue weighted by Gasteiger charge is -2.18. The Morgan fingerprint density at radius 3 is 2.53 bits per heavy atom. The summed E-state index contributed by atoms with van der Waals surface area (Å²) in [7, 11) is -1.45. The molecule has 19 heavy (non-hydrogen) atoms. The molecule has 0 heterocycles. The maximum absolute atomic E-state index is 11.1. The van der Waals surface area contributed by atoms with Crippen LogP contribution in [0.4, 0.5) is 11.4 Å². The molecule has 0 aliphatic rings. The number of alkyl halides is 1. The zero-order valence-corrected chi connectivity index (χ0v) is 13.1. The summed E-state index contributed by atoms with van der Waals surface area (Å²) in [6, 6.07) is 4.89. The van der Waals surface area contributed by atoms with Crippen LogP contribution in [0.3, 0.4) is 0 Å². The SMILES string of the molecule is CN(CCS(C)(=O)=O)c1ccc(CBr)cc1[N+](=O)[O-]. The highest BCUT2D eigenvalue weighted by Gasteiger charge is 2.18. The van der Waals surface area contributed by atoms with Gasteiger partial charge in [0, 0.05) is 31.2 Å². The lowest BCUT2D eigenvalue weighted by atomic mass is 10.2. The summed E-state index contributed by atoms with van der Waals surface area (Å²) in [5.74, 6) is -0.0408. The summed E-state index contributed by atoms with van der Waals surface area (Å²) in [5.41, 5.74) is 1.19. The quantitative estimate of drug-likeness (QED) is 0.445. The Kier molecular flexibility index (Phi) is 5.30. The number of anilines is 1. The lowest BCUT2D eigenvalue weighted by molar-refractivity contribution is -0.384. The van der Waals surface area contributed by atoms with E-state index in [1.165, 1.54) is 6.07 Å². The van der Waals surface area contributed by atoms with Crippen molar-refractivity contribution < 1.29 is 13.3 Å². The Bertz CT molecular complexity index is 574. The smallest absolute Gasteiger partial charge is 0.292 e. The van der Waals surface area contributed by atoms with E-state index in [2.05, 4.69) is 15.9 Å². The van der Waals surface area contributed by atoms with Crippen molar-refractivity contribution in [3.05, 3.63) is 33.9 Å². The van der Waals surface area contributed by atoms with Crippen molar-refractivity contribution >= 4 is 37.1 Å². The van der Waals surface area contributed by atoms with Gasteiger partial charge in [0.15, 0.2) is 0 Å². The zero-order chi connectivity index (χ0) is 14.6. The third kappa shape index (κ3) is 4.79. The van der Waals surface area contributed by atoms with E-state index >= 15 is 0 Å². The Balaban J connectivity index is 3.02. The van der Waals surface area contributed by atoms with Gasteiger partial charge in [-0.15, -0.1) is 0 Å². The summed E-state index contributed by atoms with van der Waals surface area (Å²) in [5, 5.41) is 11.6. The van der Waals surface area contributed by atoms with Crippen LogP contribution in [0.25, 0.3) is 0 Å². The molecule has 106 valence electrons. The third-order valence-electron chi connectivity index (χ3n) is 2.60. The Labute approximate surface area is 120 Å². The molecule has 6 nitrogen and oxygen atoms in total. The zero-order valence-electron chi connectivity index (χ0n) is 10.7. The van der Waals surface area contributed by atoms with Gasteiger partial charge in [0.1, 0.15) is 15.5 Å². The molecule has 0 saturated heterocycles. The summed E-state index contributed by atoms with van der Waals surface area (Å²) in [6.07, 6.45) is 1.14. The molecule has 0 fully saturated rings. The van der Waals surface area contributed by atoms with E-state index in [9.17, 15) is 18.5 Å². The molecule has 1 aromatic carbocycles. The van der Waals surface area contributed by atoms with Crippen molar-refractivity contribution in [1.82, 2.24) is 0 Å². The van der Waals surface area contributed by atoms with Gasteiger partial charge in [-0.2, -0.15) is 0 Å². The van der Waals surface area contributed by atoms with E-state index in [-0.39, 0.29) is 18.0 Å². The van der Waals surface area contributed by atoms with Gasteiger partial charge in [0.2, 0.25) is 0 Å². The number of halogens is 1. The number of nitro groups is 1. The van der Waals surface area contributed by atoms with Crippen LogP contribution in [0.2, 0.25) is 0 Å². The van der Waals surface area contributed by atoms with Crippen LogP contribution in [0.1, 0.15) is 5.56 Å². The average molecular weight is 351 g/mol. The molecule has 0 amide bonds. The van der Waals surface area contributed by atoms with E-state index in [1.807, 2.05) is 0 Å². The van der Waals surface area contributed by atoms with Gasteiger partial charge >= 0.3 is 0 Å². The van der Waals surface area contributed by atoms with Crippen molar-refractivity contribution in [3.8, 4) is 0 Å². The van der Waals surface area contributed by atoms with Crippen LogP contribution >= 0.6 is 15.9 Å². The van der Waals surface area contributed by atoms with Gasteiger partial charge in [-0.1, -0.05) is 22.0 Å². The molecule has 8 heteroatoms. The first-order valence-corrected chi connectivity index (χ1v) is 8.65. The number of nitrogens with zero attached hydrogens (tertiary/aromatic N) is 2. The highest BCUT2D eigenvalue weighted by atomic mass is 79.9. The summed E-state index contributed by atoms with van der Waals surface area (Å²) in [6.45, 7) is 0.216. The fourth-order valence-electron chi connectivity index (χ4n) is 1.54. The molecule has 0 aromatic heterocycles. The Morgan fingerprint density at radius 1 is 1.42 bits per heavy atom. The minimum Gasteiger partial charge on any atom is -0.368 e.